The van der Waals surface area contributed by atoms with Crippen LogP contribution in [-0.2, 0) is 6.42 Å². The number of thiophene rings is 1. The zero-order valence-corrected chi connectivity index (χ0v) is 15.1. The molecule has 1 aromatic rings. The van der Waals surface area contributed by atoms with Gasteiger partial charge in [-0.1, -0.05) is 62.1 Å². The molecule has 104 valence electrons. The van der Waals surface area contributed by atoms with E-state index in [9.17, 15) is 0 Å². The Hall–Kier alpha value is 0.430. The summed E-state index contributed by atoms with van der Waals surface area (Å²) >= 11 is 4.56. The molecular weight excluding hydrogens is 351 g/mol. The lowest BCUT2D eigenvalue weighted by Gasteiger charge is -2.22. The smallest absolute Gasteiger partial charge is 0.0194 e. The molecule has 0 saturated heterocycles. The predicted molar refractivity (Wildman–Crippen MR) is 93.2 cm³/mol. The van der Waals surface area contributed by atoms with Gasteiger partial charge in [-0.05, 0) is 49.6 Å². The molecule has 1 atom stereocenters. The van der Waals surface area contributed by atoms with Crippen LogP contribution in [0.15, 0.2) is 11.4 Å². The molecule has 0 N–H and O–H groups in total. The molecule has 0 aliphatic carbocycles. The fourth-order valence-corrected chi connectivity index (χ4v) is 3.84. The van der Waals surface area contributed by atoms with Gasteiger partial charge in [-0.3, -0.25) is 0 Å². The molecule has 18 heavy (non-hydrogen) atoms. The van der Waals surface area contributed by atoms with Gasteiger partial charge >= 0.3 is 0 Å². The first-order valence-electron chi connectivity index (χ1n) is 7.26. The zero-order chi connectivity index (χ0) is 13.4. The molecule has 0 aromatic carbocycles. The van der Waals surface area contributed by atoms with Gasteiger partial charge in [-0.25, -0.2) is 0 Å². The first-order chi connectivity index (χ1) is 8.53. The largest absolute Gasteiger partial charge is 0.149 e. The van der Waals surface area contributed by atoms with Crippen LogP contribution < -0.4 is 0 Å². The summed E-state index contributed by atoms with van der Waals surface area (Å²) < 4.78 is 0.510. The average Bonchev–Trinajstić information content (AvgIpc) is 2.70. The van der Waals surface area contributed by atoms with Crippen LogP contribution in [-0.4, -0.2) is 3.42 Å². The average molecular weight is 378 g/mol. The molecule has 1 aromatic heterocycles. The van der Waals surface area contributed by atoms with Gasteiger partial charge in [0, 0.05) is 8.30 Å². The van der Waals surface area contributed by atoms with Crippen LogP contribution in [0.4, 0.5) is 0 Å². The highest BCUT2D eigenvalue weighted by Crippen LogP contribution is 2.31. The Morgan fingerprint density at radius 2 is 1.89 bits per heavy atom. The van der Waals surface area contributed by atoms with E-state index in [1.807, 2.05) is 11.3 Å². The van der Waals surface area contributed by atoms with Crippen LogP contribution in [0.25, 0.3) is 0 Å². The summed E-state index contributed by atoms with van der Waals surface area (Å²) in [6.45, 7) is 6.91. The van der Waals surface area contributed by atoms with E-state index in [2.05, 4.69) is 54.8 Å². The van der Waals surface area contributed by atoms with Gasteiger partial charge in [0.1, 0.15) is 0 Å². The molecular formula is C16H27IS. The van der Waals surface area contributed by atoms with Crippen molar-refractivity contribution in [3.8, 4) is 0 Å². The van der Waals surface area contributed by atoms with Gasteiger partial charge in [0.15, 0.2) is 0 Å². The Labute approximate surface area is 131 Å². The van der Waals surface area contributed by atoms with Gasteiger partial charge in [0.2, 0.25) is 0 Å². The van der Waals surface area contributed by atoms with Crippen LogP contribution >= 0.6 is 33.9 Å². The highest BCUT2D eigenvalue weighted by molar-refractivity contribution is 14.1. The van der Waals surface area contributed by atoms with E-state index in [4.69, 9.17) is 0 Å². The standard InChI is InChI=1S/C16H27IS/c1-4-5-6-7-10-16(3,17)11-8-9-15-12-14(2)18-13-15/h12-13H,4-11H2,1-3H3. The van der Waals surface area contributed by atoms with E-state index < -0.39 is 0 Å². The van der Waals surface area contributed by atoms with Gasteiger partial charge in [0.05, 0.1) is 0 Å². The number of rotatable bonds is 9. The van der Waals surface area contributed by atoms with Crippen LogP contribution in [0, 0.1) is 6.92 Å². The fraction of sp³-hybridized carbons (Fsp3) is 0.750. The van der Waals surface area contributed by atoms with E-state index in [1.165, 1.54) is 61.8 Å². The summed E-state index contributed by atoms with van der Waals surface area (Å²) in [6.07, 6.45) is 10.9. The first-order valence-corrected chi connectivity index (χ1v) is 9.22. The number of aryl methyl sites for hydroxylation is 2. The van der Waals surface area contributed by atoms with Crippen LogP contribution in [0.1, 0.15) is 69.2 Å². The lowest BCUT2D eigenvalue weighted by atomic mass is 9.96. The number of hydrogen-bond acceptors (Lipinski definition) is 1. The molecule has 0 radical (unpaired) electrons. The van der Waals surface area contributed by atoms with Gasteiger partial charge in [0.25, 0.3) is 0 Å². The molecule has 0 amide bonds. The molecule has 0 aliphatic rings. The van der Waals surface area contributed by atoms with E-state index in [-0.39, 0.29) is 0 Å². The fourth-order valence-electron chi connectivity index (χ4n) is 2.34. The molecule has 1 rings (SSSR count). The number of hydrogen-bond donors (Lipinski definition) is 0. The van der Waals surface area contributed by atoms with Crippen LogP contribution in [0.5, 0.6) is 0 Å². The third-order valence-corrected chi connectivity index (χ3v) is 5.49. The summed E-state index contributed by atoms with van der Waals surface area (Å²) in [5, 5.41) is 2.32. The maximum absolute atomic E-state index is 2.68. The quantitative estimate of drug-likeness (QED) is 0.260. The summed E-state index contributed by atoms with van der Waals surface area (Å²) in [5.41, 5.74) is 1.54. The topological polar surface area (TPSA) is 0 Å². The number of halogens is 1. The molecule has 0 fully saturated rings. The molecule has 0 spiro atoms. The van der Waals surface area contributed by atoms with Crippen molar-refractivity contribution in [3.05, 3.63) is 21.9 Å². The van der Waals surface area contributed by atoms with Crippen molar-refractivity contribution in [1.29, 1.82) is 0 Å². The Morgan fingerprint density at radius 1 is 1.17 bits per heavy atom. The molecule has 1 unspecified atom stereocenters. The van der Waals surface area contributed by atoms with Crippen molar-refractivity contribution in [2.24, 2.45) is 0 Å². The van der Waals surface area contributed by atoms with Gasteiger partial charge < -0.3 is 0 Å². The second-order valence-corrected chi connectivity index (χ2v) is 9.36. The lowest BCUT2D eigenvalue weighted by molar-refractivity contribution is 0.506. The number of alkyl halides is 1. The minimum atomic E-state index is 0.510. The normalized spacial score (nSPS) is 14.7. The summed E-state index contributed by atoms with van der Waals surface area (Å²) in [6, 6.07) is 2.34. The van der Waals surface area contributed by atoms with Crippen LogP contribution in [0.2, 0.25) is 0 Å². The Kier molecular flexibility index (Phi) is 7.85. The second kappa shape index (κ2) is 8.57. The van der Waals surface area contributed by atoms with E-state index in [1.54, 1.807) is 0 Å². The summed E-state index contributed by atoms with van der Waals surface area (Å²) in [7, 11) is 0. The molecule has 0 saturated carbocycles. The van der Waals surface area contributed by atoms with Gasteiger partial charge in [-0.2, -0.15) is 0 Å². The first kappa shape index (κ1) is 16.5. The third-order valence-electron chi connectivity index (χ3n) is 3.50. The second-order valence-electron chi connectivity index (χ2n) is 5.64. The Balaban J connectivity index is 2.16. The Bertz CT molecular complexity index is 328. The van der Waals surface area contributed by atoms with Crippen LogP contribution in [0.3, 0.4) is 0 Å². The summed E-state index contributed by atoms with van der Waals surface area (Å²) in [5.74, 6) is 0. The monoisotopic (exact) mass is 378 g/mol. The Morgan fingerprint density at radius 3 is 2.50 bits per heavy atom. The van der Waals surface area contributed by atoms with Crippen molar-refractivity contribution in [2.75, 3.05) is 0 Å². The highest BCUT2D eigenvalue weighted by Gasteiger charge is 2.18. The summed E-state index contributed by atoms with van der Waals surface area (Å²) in [4.78, 5) is 1.45. The molecule has 0 nitrogen and oxygen atoms in total. The molecule has 2 heteroatoms. The maximum atomic E-state index is 2.68. The SMILES string of the molecule is CCCCCCC(C)(I)CCCc1csc(C)c1. The van der Waals surface area contributed by atoms with E-state index in [0.29, 0.717) is 3.42 Å². The molecule has 0 aliphatic heterocycles. The van der Waals surface area contributed by atoms with Crippen molar-refractivity contribution >= 4 is 33.9 Å². The molecule has 1 heterocycles. The minimum absolute atomic E-state index is 0.510. The highest BCUT2D eigenvalue weighted by atomic mass is 127. The lowest BCUT2D eigenvalue weighted by Crippen LogP contribution is -2.15. The minimum Gasteiger partial charge on any atom is -0.149 e. The van der Waals surface area contributed by atoms with Crippen molar-refractivity contribution in [1.82, 2.24) is 0 Å². The number of unbranched alkanes of at least 4 members (excludes halogenated alkanes) is 3. The maximum Gasteiger partial charge on any atom is 0.0194 e. The van der Waals surface area contributed by atoms with Crippen molar-refractivity contribution < 1.29 is 0 Å². The van der Waals surface area contributed by atoms with Crippen molar-refractivity contribution in [2.45, 2.75) is 75.6 Å². The van der Waals surface area contributed by atoms with Crippen molar-refractivity contribution in [3.63, 3.8) is 0 Å². The predicted octanol–water partition coefficient (Wildman–Crippen LogP) is 6.54. The third kappa shape index (κ3) is 7.13. The van der Waals surface area contributed by atoms with E-state index in [0.717, 1.165) is 0 Å². The molecule has 0 bridgehead atoms. The van der Waals surface area contributed by atoms with Gasteiger partial charge in [-0.15, -0.1) is 11.3 Å². The van der Waals surface area contributed by atoms with E-state index >= 15 is 0 Å². The zero-order valence-electron chi connectivity index (χ0n) is 12.1.